The molecule has 0 unspecified atom stereocenters. The summed E-state index contributed by atoms with van der Waals surface area (Å²) in [6, 6.07) is 17.3. The van der Waals surface area contributed by atoms with Crippen molar-refractivity contribution >= 4 is 46.9 Å². The Bertz CT molecular complexity index is 2350. The van der Waals surface area contributed by atoms with Gasteiger partial charge in [-0.3, -0.25) is 29.7 Å². The molecule has 5 rings (SSSR count). The highest BCUT2D eigenvalue weighted by atomic mass is 19.4. The minimum absolute atomic E-state index is 0.000287. The van der Waals surface area contributed by atoms with Crippen LogP contribution in [-0.2, 0) is 40.0 Å². The number of aliphatic hydroxyl groups is 1. The number of benzene rings is 3. The van der Waals surface area contributed by atoms with Gasteiger partial charge in [-0.15, -0.1) is 0 Å². The number of hydrogen-bond donors (Lipinski definition) is 5. The molecule has 0 fully saturated rings. The van der Waals surface area contributed by atoms with Crippen molar-refractivity contribution in [2.24, 2.45) is 11.1 Å². The number of ether oxygens (including phenoxy) is 1. The zero-order valence-corrected chi connectivity index (χ0v) is 33.5. The minimum atomic E-state index is -5.58. The zero-order valence-electron chi connectivity index (χ0n) is 33.5. The van der Waals surface area contributed by atoms with Gasteiger partial charge in [0.2, 0.25) is 17.5 Å². The number of anilines is 2. The summed E-state index contributed by atoms with van der Waals surface area (Å²) in [5.74, 6) is -9.74. The number of aromatic nitrogens is 2. The average molecular weight is 868 g/mol. The number of alkyl halides is 3. The molecule has 0 spiro atoms. The molecule has 1 aliphatic heterocycles. The molecule has 4 aromatic rings. The Morgan fingerprint density at radius 2 is 1.53 bits per heavy atom. The monoisotopic (exact) mass is 867 g/mol. The summed E-state index contributed by atoms with van der Waals surface area (Å²) < 4.78 is 75.0. The second-order valence-corrected chi connectivity index (χ2v) is 15.3. The van der Waals surface area contributed by atoms with E-state index in [1.807, 2.05) is 0 Å². The van der Waals surface area contributed by atoms with Crippen molar-refractivity contribution in [3.8, 4) is 11.3 Å². The number of nitrogens with one attached hydrogen (secondary N) is 3. The van der Waals surface area contributed by atoms with Gasteiger partial charge in [0, 0.05) is 62.1 Å². The van der Waals surface area contributed by atoms with Gasteiger partial charge in [0.15, 0.2) is 0 Å². The number of aliphatic hydroxyl groups excluding tert-OH is 1. The molecule has 328 valence electrons. The van der Waals surface area contributed by atoms with Crippen LogP contribution in [0.5, 0.6) is 0 Å². The van der Waals surface area contributed by atoms with Crippen LogP contribution in [0.15, 0.2) is 91.1 Å². The first-order valence-corrected chi connectivity index (χ1v) is 18.9. The maximum atomic E-state index is 14.9. The molecule has 0 saturated carbocycles. The van der Waals surface area contributed by atoms with Crippen molar-refractivity contribution in [1.29, 1.82) is 0 Å². The summed E-state index contributed by atoms with van der Waals surface area (Å²) in [4.78, 5) is 80.5. The predicted octanol–water partition coefficient (Wildman–Crippen LogP) is 4.21. The number of imide groups is 1. The molecule has 0 saturated heterocycles. The fourth-order valence-electron chi connectivity index (χ4n) is 6.48. The van der Waals surface area contributed by atoms with Gasteiger partial charge < -0.3 is 30.4 Å². The second kappa shape index (κ2) is 18.9. The molecule has 2 heterocycles. The Morgan fingerprint density at radius 1 is 0.887 bits per heavy atom. The van der Waals surface area contributed by atoms with Gasteiger partial charge in [-0.05, 0) is 53.4 Å². The molecular weight excluding hydrogens is 825 g/mol. The van der Waals surface area contributed by atoms with Crippen LogP contribution in [0.1, 0.15) is 50.9 Å². The normalized spacial score (nSPS) is 14.8. The highest BCUT2D eigenvalue weighted by Crippen LogP contribution is 2.39. The molecule has 0 aliphatic carbocycles. The molecule has 6 N–H and O–H groups in total. The number of hydrogen-bond acceptors (Lipinski definition) is 10. The van der Waals surface area contributed by atoms with Gasteiger partial charge in [-0.1, -0.05) is 51.1 Å². The quantitative estimate of drug-likeness (QED) is 0.0468. The van der Waals surface area contributed by atoms with E-state index in [0.29, 0.717) is 0 Å². The molecule has 5 amide bonds. The molecule has 20 heteroatoms. The van der Waals surface area contributed by atoms with Gasteiger partial charge in [0.1, 0.15) is 23.6 Å². The third-order valence-electron chi connectivity index (χ3n) is 9.55. The number of rotatable bonds is 16. The first-order valence-electron chi connectivity index (χ1n) is 18.9. The van der Waals surface area contributed by atoms with E-state index in [9.17, 15) is 55.8 Å². The fraction of sp³-hybridized carbons (Fsp3) is 0.310. The lowest BCUT2D eigenvalue weighted by atomic mass is 9.76. The van der Waals surface area contributed by atoms with Crippen molar-refractivity contribution in [3.63, 3.8) is 0 Å². The largest absolute Gasteiger partial charge is 0.491 e. The lowest BCUT2D eigenvalue weighted by Gasteiger charge is -2.34. The summed E-state index contributed by atoms with van der Waals surface area (Å²) in [7, 11) is 0. The first kappa shape index (κ1) is 46.3. The summed E-state index contributed by atoms with van der Waals surface area (Å²) >= 11 is 0. The summed E-state index contributed by atoms with van der Waals surface area (Å²) in [6.07, 6.45) is -5.27. The van der Waals surface area contributed by atoms with Crippen molar-refractivity contribution in [2.75, 3.05) is 23.3 Å². The maximum absolute atomic E-state index is 14.9. The van der Waals surface area contributed by atoms with E-state index in [1.54, 1.807) is 55.7 Å². The Balaban J connectivity index is 1.27. The van der Waals surface area contributed by atoms with E-state index in [4.69, 9.17) is 5.73 Å². The third-order valence-corrected chi connectivity index (χ3v) is 9.55. The molecule has 15 nitrogen and oxygen atoms in total. The fourth-order valence-corrected chi connectivity index (χ4v) is 6.48. The van der Waals surface area contributed by atoms with Crippen molar-refractivity contribution in [1.82, 2.24) is 20.2 Å². The molecule has 62 heavy (non-hydrogen) atoms. The average Bonchev–Trinajstić information content (AvgIpc) is 3.76. The SMILES string of the molecule is CC(C)(C)[C@H](c1nc(-c2cc(F)ccc2F)cn1Cc1ccccc1)[C@H](O)C(=O)NCC[C@](N)(OC(=O)C(F)(F)F)C(=O)NCCC(=O)Nc1ccc(N2C(=O)C=CC2=O)cc1. The van der Waals surface area contributed by atoms with Crippen LogP contribution in [0.2, 0.25) is 0 Å². The zero-order chi connectivity index (χ0) is 45.6. The highest BCUT2D eigenvalue weighted by molar-refractivity contribution is 6.28. The smallest absolute Gasteiger partial charge is 0.428 e. The van der Waals surface area contributed by atoms with Crippen LogP contribution in [0.25, 0.3) is 11.3 Å². The predicted molar refractivity (Wildman–Crippen MR) is 212 cm³/mol. The Hall–Kier alpha value is -6.80. The van der Waals surface area contributed by atoms with E-state index >= 15 is 0 Å². The van der Waals surface area contributed by atoms with Crippen LogP contribution in [-0.4, -0.2) is 81.3 Å². The number of imidazole rings is 1. The van der Waals surface area contributed by atoms with Crippen LogP contribution in [0.4, 0.5) is 33.3 Å². The topological polar surface area (TPSA) is 215 Å². The van der Waals surface area contributed by atoms with Gasteiger partial charge in [-0.2, -0.15) is 13.2 Å². The van der Waals surface area contributed by atoms with Crippen LogP contribution >= 0.6 is 0 Å². The van der Waals surface area contributed by atoms with E-state index < -0.39 is 102 Å². The number of nitrogens with two attached hydrogens (primary N) is 1. The van der Waals surface area contributed by atoms with Crippen LogP contribution in [0, 0.1) is 17.0 Å². The molecule has 0 radical (unpaired) electrons. The maximum Gasteiger partial charge on any atom is 0.491 e. The highest BCUT2D eigenvalue weighted by Gasteiger charge is 2.48. The lowest BCUT2D eigenvalue weighted by Crippen LogP contribution is -2.59. The number of halogens is 5. The van der Waals surface area contributed by atoms with Gasteiger partial charge in [-0.25, -0.2) is 23.5 Å². The van der Waals surface area contributed by atoms with Crippen molar-refractivity contribution in [2.45, 2.75) is 64.1 Å². The lowest BCUT2D eigenvalue weighted by molar-refractivity contribution is -0.214. The first-order chi connectivity index (χ1) is 29.1. The molecule has 3 aromatic carbocycles. The number of carbonyl (C=O) groups is 6. The van der Waals surface area contributed by atoms with Crippen LogP contribution in [0.3, 0.4) is 0 Å². The third kappa shape index (κ3) is 11.3. The van der Waals surface area contributed by atoms with Gasteiger partial charge >= 0.3 is 12.1 Å². The Kier molecular flexibility index (Phi) is 14.1. The summed E-state index contributed by atoms with van der Waals surface area (Å²) in [6.45, 7) is 3.94. The summed E-state index contributed by atoms with van der Waals surface area (Å²) in [5.41, 5.74) is 2.96. The second-order valence-electron chi connectivity index (χ2n) is 15.3. The number of nitrogens with zero attached hydrogens (tertiary/aromatic N) is 3. The molecular formula is C42H42F5N7O8. The van der Waals surface area contributed by atoms with Gasteiger partial charge in [0.05, 0.1) is 17.3 Å². The number of amides is 5. The van der Waals surface area contributed by atoms with Crippen molar-refractivity contribution < 1.29 is 60.6 Å². The van der Waals surface area contributed by atoms with E-state index in [0.717, 1.165) is 40.8 Å². The number of carbonyl (C=O) groups excluding carboxylic acids is 6. The molecule has 3 atom stereocenters. The van der Waals surface area contributed by atoms with E-state index in [2.05, 4.69) is 25.7 Å². The van der Waals surface area contributed by atoms with E-state index in [-0.39, 0.29) is 35.0 Å². The summed E-state index contributed by atoms with van der Waals surface area (Å²) in [5, 5.41) is 18.5. The van der Waals surface area contributed by atoms with E-state index in [1.165, 1.54) is 30.5 Å². The van der Waals surface area contributed by atoms with Gasteiger partial charge in [0.25, 0.3) is 17.7 Å². The molecule has 0 bridgehead atoms. The number of esters is 1. The minimum Gasteiger partial charge on any atom is -0.428 e. The van der Waals surface area contributed by atoms with Crippen LogP contribution < -0.4 is 26.6 Å². The standard InChI is InChI=1S/C42H42F5N7O8/c1-40(2,3)34(36-52-30(28-21-25(43)9-14-29(28)44)23-53(36)22-24-7-5-4-6-8-24)35(58)37(59)49-20-18-41(48,62-39(61)42(45,46)47)38(60)50-19-17-31(55)51-26-10-12-27(13-11-26)54-32(56)15-16-33(54)57/h4-16,21,23,34-35,58H,17-20,22,48H2,1-3H3,(H,49,59)(H,50,60)(H,51,55)/t34-,35-,41-/m0/s1. The molecule has 1 aliphatic rings. The van der Waals surface area contributed by atoms with Crippen molar-refractivity contribution in [3.05, 3.63) is 114 Å². The Labute approximate surface area is 351 Å². The molecule has 1 aromatic heterocycles. The Morgan fingerprint density at radius 3 is 2.15 bits per heavy atom.